The van der Waals surface area contributed by atoms with Crippen LogP contribution in [0.1, 0.15) is 24.4 Å². The van der Waals surface area contributed by atoms with E-state index in [1.807, 2.05) is 0 Å². The Balaban J connectivity index is 2.00. The van der Waals surface area contributed by atoms with Gasteiger partial charge in [-0.25, -0.2) is 14.0 Å². The number of nitrogens with one attached hydrogen (secondary N) is 1. The summed E-state index contributed by atoms with van der Waals surface area (Å²) < 4.78 is 15.5. The highest BCUT2D eigenvalue weighted by atomic mass is 19.1. The fraction of sp³-hybridized carbons (Fsp3) is 0.429. The Labute approximate surface area is 119 Å². The van der Waals surface area contributed by atoms with Gasteiger partial charge in [-0.15, -0.1) is 0 Å². The minimum atomic E-state index is -0.943. The molecule has 0 unspecified atom stereocenters. The summed E-state index contributed by atoms with van der Waals surface area (Å²) in [4.78, 5) is 26.9. The number of amides is 1. The van der Waals surface area contributed by atoms with Crippen LogP contribution in [0.4, 0.5) is 9.18 Å². The van der Waals surface area contributed by atoms with Crippen LogP contribution >= 0.6 is 0 Å². The van der Waals surface area contributed by atoms with Gasteiger partial charge in [0.1, 0.15) is 11.3 Å². The molecule has 3 rings (SSSR count). The molecule has 2 N–H and O–H groups in total. The first kappa shape index (κ1) is 13.7. The Bertz CT molecular complexity index is 757. The third-order valence-electron chi connectivity index (χ3n) is 4.02. The quantitative estimate of drug-likeness (QED) is 0.845. The van der Waals surface area contributed by atoms with Crippen LogP contribution in [0, 0.1) is 12.7 Å². The predicted molar refractivity (Wildman–Crippen MR) is 75.1 cm³/mol. The molecule has 1 aromatic carbocycles. The van der Waals surface area contributed by atoms with Gasteiger partial charge in [0.25, 0.3) is 0 Å². The summed E-state index contributed by atoms with van der Waals surface area (Å²) in [5.74, 6) is -0.441. The molecule has 112 valence electrons. The molecule has 0 bridgehead atoms. The maximum absolute atomic E-state index is 13.9. The van der Waals surface area contributed by atoms with E-state index in [9.17, 15) is 14.0 Å². The van der Waals surface area contributed by atoms with Gasteiger partial charge in [0.15, 0.2) is 0 Å². The van der Waals surface area contributed by atoms with E-state index in [1.54, 1.807) is 17.6 Å². The van der Waals surface area contributed by atoms with Gasteiger partial charge >= 0.3 is 11.8 Å². The smallest absolute Gasteiger partial charge is 0.407 e. The normalized spacial score (nSPS) is 16.6. The lowest BCUT2D eigenvalue weighted by Gasteiger charge is -2.30. The highest BCUT2D eigenvalue weighted by Gasteiger charge is 2.26. The lowest BCUT2D eigenvalue weighted by molar-refractivity contribution is 0.125. The molecule has 21 heavy (non-hydrogen) atoms. The molecule has 2 heterocycles. The van der Waals surface area contributed by atoms with Gasteiger partial charge in [-0.3, -0.25) is 4.57 Å². The second kappa shape index (κ2) is 4.91. The van der Waals surface area contributed by atoms with Crippen molar-refractivity contribution in [2.75, 3.05) is 13.1 Å². The molecule has 0 saturated carbocycles. The fourth-order valence-electron chi connectivity index (χ4n) is 2.99. The molecule has 1 amide bonds. The second-order valence-corrected chi connectivity index (χ2v) is 5.44. The summed E-state index contributed by atoms with van der Waals surface area (Å²) in [6.07, 6.45) is 0.158. The van der Waals surface area contributed by atoms with Gasteiger partial charge in [0.05, 0.1) is 5.52 Å². The molecule has 1 aliphatic rings. The molecule has 1 aliphatic heterocycles. The number of carbonyl (C=O) groups is 1. The zero-order chi connectivity index (χ0) is 15.1. The highest BCUT2D eigenvalue weighted by Crippen LogP contribution is 2.26. The van der Waals surface area contributed by atoms with Crippen molar-refractivity contribution in [3.63, 3.8) is 0 Å². The Morgan fingerprint density at radius 3 is 2.67 bits per heavy atom. The molecule has 0 radical (unpaired) electrons. The van der Waals surface area contributed by atoms with Crippen LogP contribution in [-0.2, 0) is 0 Å². The van der Waals surface area contributed by atoms with Crippen LogP contribution in [-0.4, -0.2) is 38.7 Å². The molecule has 0 spiro atoms. The molecule has 0 atom stereocenters. The minimum Gasteiger partial charge on any atom is -0.465 e. The largest absolute Gasteiger partial charge is 0.465 e. The van der Waals surface area contributed by atoms with Crippen molar-refractivity contribution in [1.29, 1.82) is 0 Å². The van der Waals surface area contributed by atoms with Crippen LogP contribution < -0.4 is 5.69 Å². The number of imidazole rings is 1. The van der Waals surface area contributed by atoms with Crippen molar-refractivity contribution < 1.29 is 14.3 Å². The van der Waals surface area contributed by atoms with Crippen LogP contribution in [0.5, 0.6) is 0 Å². The van der Waals surface area contributed by atoms with E-state index >= 15 is 0 Å². The van der Waals surface area contributed by atoms with Gasteiger partial charge in [-0.05, 0) is 37.5 Å². The molecule has 0 aliphatic carbocycles. The fourth-order valence-corrected chi connectivity index (χ4v) is 2.99. The van der Waals surface area contributed by atoms with Crippen molar-refractivity contribution in [2.24, 2.45) is 0 Å². The van der Waals surface area contributed by atoms with Gasteiger partial charge in [0.2, 0.25) is 0 Å². The number of H-pyrrole nitrogens is 1. The number of piperidine rings is 1. The number of rotatable bonds is 1. The van der Waals surface area contributed by atoms with Gasteiger partial charge < -0.3 is 15.0 Å². The van der Waals surface area contributed by atoms with Crippen LogP contribution in [0.15, 0.2) is 16.9 Å². The summed E-state index contributed by atoms with van der Waals surface area (Å²) in [6, 6.07) is 3.05. The van der Waals surface area contributed by atoms with E-state index in [-0.39, 0.29) is 17.2 Å². The summed E-state index contributed by atoms with van der Waals surface area (Å²) in [5, 5.41) is 8.96. The first-order chi connectivity index (χ1) is 9.97. The summed E-state index contributed by atoms with van der Waals surface area (Å²) >= 11 is 0. The number of benzene rings is 1. The molecule has 6 nitrogen and oxygen atoms in total. The lowest BCUT2D eigenvalue weighted by atomic mass is 10.0. The number of halogens is 1. The number of likely N-dealkylation sites (tertiary alicyclic amines) is 1. The van der Waals surface area contributed by atoms with E-state index in [2.05, 4.69) is 4.98 Å². The minimum absolute atomic E-state index is 0.108. The summed E-state index contributed by atoms with van der Waals surface area (Å²) in [5.41, 5.74) is 1.16. The van der Waals surface area contributed by atoms with E-state index in [4.69, 9.17) is 5.11 Å². The highest BCUT2D eigenvalue weighted by molar-refractivity contribution is 5.77. The van der Waals surface area contributed by atoms with Gasteiger partial charge in [-0.2, -0.15) is 0 Å². The number of hydrogen-bond donors (Lipinski definition) is 2. The van der Waals surface area contributed by atoms with Crippen molar-refractivity contribution in [1.82, 2.24) is 14.5 Å². The topological polar surface area (TPSA) is 78.3 Å². The maximum Gasteiger partial charge on any atom is 0.407 e. The maximum atomic E-state index is 13.9. The van der Waals surface area contributed by atoms with Gasteiger partial charge in [0, 0.05) is 19.1 Å². The predicted octanol–water partition coefficient (Wildman–Crippen LogP) is 2.09. The van der Waals surface area contributed by atoms with Crippen LogP contribution in [0.25, 0.3) is 11.0 Å². The van der Waals surface area contributed by atoms with E-state index in [0.29, 0.717) is 31.4 Å². The van der Waals surface area contributed by atoms with E-state index < -0.39 is 11.9 Å². The number of aromatic amines is 1. The average molecular weight is 293 g/mol. The third kappa shape index (κ3) is 2.28. The Hall–Kier alpha value is -2.31. The molecule has 1 fully saturated rings. The van der Waals surface area contributed by atoms with Crippen molar-refractivity contribution >= 4 is 17.1 Å². The van der Waals surface area contributed by atoms with Crippen LogP contribution in [0.2, 0.25) is 0 Å². The second-order valence-electron chi connectivity index (χ2n) is 5.44. The molecule has 1 aromatic heterocycles. The van der Waals surface area contributed by atoms with Crippen molar-refractivity contribution in [3.05, 3.63) is 34.0 Å². The number of fused-ring (bicyclic) bond motifs is 1. The van der Waals surface area contributed by atoms with E-state index in [0.717, 1.165) is 5.56 Å². The number of hydrogen-bond acceptors (Lipinski definition) is 2. The van der Waals surface area contributed by atoms with E-state index in [1.165, 1.54) is 11.0 Å². The monoisotopic (exact) mass is 293 g/mol. The molecular weight excluding hydrogens is 277 g/mol. The molecule has 2 aromatic rings. The lowest BCUT2D eigenvalue weighted by Crippen LogP contribution is -2.39. The number of aromatic nitrogens is 2. The first-order valence-electron chi connectivity index (χ1n) is 6.85. The number of nitrogens with zero attached hydrogens (tertiary/aromatic N) is 2. The molecule has 7 heteroatoms. The Kier molecular flexibility index (Phi) is 3.19. The summed E-state index contributed by atoms with van der Waals surface area (Å²) in [6.45, 7) is 2.54. The molecular formula is C14H16FN3O3. The summed E-state index contributed by atoms with van der Waals surface area (Å²) in [7, 11) is 0. The zero-order valence-corrected chi connectivity index (χ0v) is 11.6. The number of carboxylic acid groups (broad SMARTS) is 1. The van der Waals surface area contributed by atoms with Crippen molar-refractivity contribution in [2.45, 2.75) is 25.8 Å². The van der Waals surface area contributed by atoms with Crippen molar-refractivity contribution in [3.8, 4) is 0 Å². The standard InChI is InChI=1S/C14H16FN3O3/c1-8-6-10(15)12-11(7-8)18(13(19)16-12)9-2-4-17(5-3-9)14(20)21/h6-7,9H,2-5H2,1H3,(H,16,19)(H,20,21). The average Bonchev–Trinajstić information content (AvgIpc) is 2.75. The Morgan fingerprint density at radius 1 is 1.38 bits per heavy atom. The van der Waals surface area contributed by atoms with Crippen LogP contribution in [0.3, 0.4) is 0 Å². The Morgan fingerprint density at radius 2 is 2.05 bits per heavy atom. The van der Waals surface area contributed by atoms with Gasteiger partial charge in [-0.1, -0.05) is 0 Å². The third-order valence-corrected chi connectivity index (χ3v) is 4.02. The first-order valence-corrected chi connectivity index (χ1v) is 6.85. The zero-order valence-electron chi connectivity index (χ0n) is 11.6. The SMILES string of the molecule is Cc1cc(F)c2[nH]c(=O)n(C3CCN(C(=O)O)CC3)c2c1. The molecule has 1 saturated heterocycles. The number of aryl methyl sites for hydroxylation is 1.